The highest BCUT2D eigenvalue weighted by Gasteiger charge is 2.17. The molecular formula is C36H39N3O5S. The van der Waals surface area contributed by atoms with Crippen LogP contribution < -0.4 is 18.9 Å². The molecule has 45 heavy (non-hydrogen) atoms. The Morgan fingerprint density at radius 2 is 0.844 bits per heavy atom. The first-order valence-corrected chi connectivity index (χ1v) is 15.6. The fourth-order valence-electron chi connectivity index (χ4n) is 5.00. The summed E-state index contributed by atoms with van der Waals surface area (Å²) in [7, 11) is 0. The minimum atomic E-state index is 0.362. The Hall–Kier alpha value is -4.63. The zero-order valence-corrected chi connectivity index (χ0v) is 27.9. The van der Waals surface area contributed by atoms with Crippen LogP contribution in [0.2, 0.25) is 0 Å². The molecule has 234 valence electrons. The number of aryl methyl sites for hydroxylation is 8. The first-order chi connectivity index (χ1) is 21.7. The lowest BCUT2D eigenvalue weighted by molar-refractivity contribution is 0.169. The minimum Gasteiger partial charge on any atom is -0.486 e. The largest absolute Gasteiger partial charge is 0.486 e. The number of oxazole rings is 1. The molecule has 4 heterocycles. The molecule has 9 heteroatoms. The van der Waals surface area contributed by atoms with Crippen molar-refractivity contribution in [2.75, 3.05) is 20.0 Å². The molecule has 0 amide bonds. The van der Waals surface area contributed by atoms with Crippen LogP contribution in [0, 0.1) is 55.4 Å². The molecule has 2 aliphatic heterocycles. The second-order valence-corrected chi connectivity index (χ2v) is 11.7. The average molecular weight is 626 g/mol. The third-order valence-corrected chi connectivity index (χ3v) is 8.22. The van der Waals surface area contributed by atoms with Crippen LogP contribution in [0.1, 0.15) is 44.5 Å². The van der Waals surface area contributed by atoms with Gasteiger partial charge < -0.3 is 23.4 Å². The molecule has 0 saturated carbocycles. The third-order valence-electron chi connectivity index (χ3n) is 7.70. The number of ether oxygens (including phenoxy) is 4. The summed E-state index contributed by atoms with van der Waals surface area (Å²) in [6, 6.07) is 16.5. The summed E-state index contributed by atoms with van der Waals surface area (Å²) in [5, 5.41) is 0. The van der Waals surface area contributed by atoms with Crippen molar-refractivity contribution >= 4 is 33.9 Å². The van der Waals surface area contributed by atoms with E-state index in [1.807, 2.05) is 59.7 Å². The molecule has 0 aliphatic carbocycles. The molecule has 2 aliphatic rings. The van der Waals surface area contributed by atoms with Gasteiger partial charge in [-0.05, 0) is 99.9 Å². The zero-order valence-electron chi connectivity index (χ0n) is 27.1. The molecule has 0 fully saturated rings. The maximum absolute atomic E-state index is 5.51. The number of aromatic nitrogens is 3. The van der Waals surface area contributed by atoms with E-state index in [0.717, 1.165) is 72.9 Å². The van der Waals surface area contributed by atoms with Crippen molar-refractivity contribution in [2.45, 2.75) is 55.4 Å². The number of rotatable bonds is 0. The highest BCUT2D eigenvalue weighted by Crippen LogP contribution is 2.38. The number of fused-ring (bicyclic) bond motifs is 4. The molecular weight excluding hydrogens is 586 g/mol. The van der Waals surface area contributed by atoms with Crippen molar-refractivity contribution < 1.29 is 23.4 Å². The van der Waals surface area contributed by atoms with Crippen molar-refractivity contribution in [3.8, 4) is 23.0 Å². The topological polar surface area (TPSA) is 88.7 Å². The molecule has 0 unspecified atom stereocenters. The van der Waals surface area contributed by atoms with Crippen molar-refractivity contribution in [1.82, 2.24) is 13.7 Å². The SMILES string of the molecule is Cc1ccc(C)c2c1OCCO2.Cc1ccc(C)c2c1OCO2.Cc1ccc(C)c2nsnc12.Cc1ccc(C)c2ocnc12. The van der Waals surface area contributed by atoms with Gasteiger partial charge in [0.1, 0.15) is 29.8 Å². The van der Waals surface area contributed by atoms with Gasteiger partial charge in [-0.2, -0.15) is 8.75 Å². The third kappa shape index (κ3) is 7.04. The second-order valence-electron chi connectivity index (χ2n) is 11.2. The van der Waals surface area contributed by atoms with Crippen LogP contribution in [0.3, 0.4) is 0 Å². The predicted molar refractivity (Wildman–Crippen MR) is 179 cm³/mol. The van der Waals surface area contributed by atoms with Gasteiger partial charge in [0.2, 0.25) is 6.79 Å². The standard InChI is InChI=1S/C10H12O2.C9H9NO.C9H10O2.C8H8N2S/c1-7-3-4-8(2)10-9(7)11-5-6-12-10;2*1-6-3-4-7(2)9-8(6)10-5-11-9;1-5-3-4-6(2)8-7(5)9-11-10-8/h3-4H,5-6H2,1-2H3;3-5H,1-2H3;3-4H,5H2,1-2H3;3-4H,1-2H3. The normalized spacial score (nSPS) is 12.4. The molecule has 6 aromatic rings. The van der Waals surface area contributed by atoms with Gasteiger partial charge >= 0.3 is 0 Å². The predicted octanol–water partition coefficient (Wildman–Crippen LogP) is 8.86. The van der Waals surface area contributed by atoms with Gasteiger partial charge in [-0.15, -0.1) is 0 Å². The average Bonchev–Trinajstić information content (AvgIpc) is 3.84. The summed E-state index contributed by atoms with van der Waals surface area (Å²) in [6.45, 7) is 18.0. The summed E-state index contributed by atoms with van der Waals surface area (Å²) in [5.41, 5.74) is 13.3. The molecule has 0 saturated heterocycles. The molecule has 0 atom stereocenters. The van der Waals surface area contributed by atoms with Gasteiger partial charge in [0.15, 0.2) is 35.0 Å². The molecule has 4 aromatic carbocycles. The van der Waals surface area contributed by atoms with E-state index in [0.29, 0.717) is 20.0 Å². The second kappa shape index (κ2) is 14.0. The number of hydrogen-bond acceptors (Lipinski definition) is 9. The van der Waals surface area contributed by atoms with Crippen molar-refractivity contribution in [3.63, 3.8) is 0 Å². The molecule has 0 radical (unpaired) electrons. The van der Waals surface area contributed by atoms with Crippen LogP contribution in [-0.4, -0.2) is 33.7 Å². The van der Waals surface area contributed by atoms with E-state index in [4.69, 9.17) is 23.4 Å². The molecule has 0 spiro atoms. The Bertz CT molecular complexity index is 1740. The Morgan fingerprint density at radius 1 is 0.467 bits per heavy atom. The van der Waals surface area contributed by atoms with Crippen LogP contribution >= 0.6 is 11.7 Å². The number of benzene rings is 4. The Balaban J connectivity index is 0.000000119. The molecule has 2 aromatic heterocycles. The zero-order chi connectivity index (χ0) is 32.1. The minimum absolute atomic E-state index is 0.362. The van der Waals surface area contributed by atoms with Crippen LogP contribution in [0.5, 0.6) is 23.0 Å². The van der Waals surface area contributed by atoms with Gasteiger partial charge in [-0.1, -0.05) is 48.5 Å². The highest BCUT2D eigenvalue weighted by atomic mass is 32.1. The Labute approximate surface area is 268 Å². The smallest absolute Gasteiger partial charge is 0.231 e. The molecule has 8 rings (SSSR count). The lowest BCUT2D eigenvalue weighted by atomic mass is 10.1. The lowest BCUT2D eigenvalue weighted by Gasteiger charge is -2.21. The van der Waals surface area contributed by atoms with Gasteiger partial charge in [-0.3, -0.25) is 0 Å². The van der Waals surface area contributed by atoms with Crippen LogP contribution in [0.25, 0.3) is 22.1 Å². The molecule has 0 N–H and O–H groups in total. The van der Waals surface area contributed by atoms with E-state index < -0.39 is 0 Å². The maximum atomic E-state index is 5.51. The van der Waals surface area contributed by atoms with Crippen LogP contribution in [0.15, 0.2) is 59.3 Å². The van der Waals surface area contributed by atoms with Gasteiger partial charge in [0, 0.05) is 0 Å². The molecule has 0 bridgehead atoms. The summed E-state index contributed by atoms with van der Waals surface area (Å²) in [6.07, 6.45) is 1.49. The van der Waals surface area contributed by atoms with Gasteiger partial charge in [0.05, 0.1) is 11.7 Å². The van der Waals surface area contributed by atoms with E-state index in [-0.39, 0.29) is 0 Å². The van der Waals surface area contributed by atoms with Crippen molar-refractivity contribution in [3.05, 3.63) is 99.4 Å². The van der Waals surface area contributed by atoms with Crippen LogP contribution in [0.4, 0.5) is 0 Å². The molecule has 8 nitrogen and oxygen atoms in total. The van der Waals surface area contributed by atoms with Crippen molar-refractivity contribution in [2.24, 2.45) is 0 Å². The summed E-state index contributed by atoms with van der Waals surface area (Å²) < 4.78 is 35.2. The monoisotopic (exact) mass is 625 g/mol. The Morgan fingerprint density at radius 3 is 1.29 bits per heavy atom. The Kier molecular flexibility index (Phi) is 9.88. The van der Waals surface area contributed by atoms with E-state index in [9.17, 15) is 0 Å². The number of nitrogens with zero attached hydrogens (tertiary/aromatic N) is 3. The summed E-state index contributed by atoms with van der Waals surface area (Å²) in [5.74, 6) is 3.65. The van der Waals surface area contributed by atoms with Gasteiger partial charge in [-0.25, -0.2) is 4.98 Å². The summed E-state index contributed by atoms with van der Waals surface area (Å²) >= 11 is 1.28. The van der Waals surface area contributed by atoms with E-state index >= 15 is 0 Å². The first kappa shape index (κ1) is 31.8. The van der Waals surface area contributed by atoms with E-state index in [1.54, 1.807) is 0 Å². The quantitative estimate of drug-likeness (QED) is 0.165. The fraction of sp³-hybridized carbons (Fsp3) is 0.306. The van der Waals surface area contributed by atoms with Crippen molar-refractivity contribution in [1.29, 1.82) is 0 Å². The summed E-state index contributed by atoms with van der Waals surface area (Å²) in [4.78, 5) is 4.11. The lowest BCUT2D eigenvalue weighted by Crippen LogP contribution is -2.16. The first-order valence-electron chi connectivity index (χ1n) is 14.8. The fourth-order valence-corrected chi connectivity index (χ4v) is 5.66. The van der Waals surface area contributed by atoms with Crippen LogP contribution in [-0.2, 0) is 0 Å². The van der Waals surface area contributed by atoms with E-state index in [2.05, 4.69) is 57.9 Å². The van der Waals surface area contributed by atoms with E-state index in [1.165, 1.54) is 34.8 Å². The maximum Gasteiger partial charge on any atom is 0.231 e. The van der Waals surface area contributed by atoms with Gasteiger partial charge in [0.25, 0.3) is 0 Å². The number of hydrogen-bond donors (Lipinski definition) is 0. The highest BCUT2D eigenvalue weighted by molar-refractivity contribution is 7.00.